The SMILES string of the molecule is O=C(Cc1ccon1)NC[C@H]1CCO[C@@H]1c1ccccc1. The zero-order valence-electron chi connectivity index (χ0n) is 11.7. The summed E-state index contributed by atoms with van der Waals surface area (Å²) in [7, 11) is 0. The molecule has 1 aliphatic rings. The molecular formula is C16H18N2O3. The first kappa shape index (κ1) is 13.8. The Bertz CT molecular complexity index is 568. The Morgan fingerprint density at radius 1 is 1.29 bits per heavy atom. The zero-order valence-corrected chi connectivity index (χ0v) is 11.7. The topological polar surface area (TPSA) is 64.4 Å². The van der Waals surface area contributed by atoms with Gasteiger partial charge in [-0.1, -0.05) is 35.5 Å². The number of nitrogens with one attached hydrogen (secondary N) is 1. The lowest BCUT2D eigenvalue weighted by molar-refractivity contribution is -0.120. The fraction of sp³-hybridized carbons (Fsp3) is 0.375. The van der Waals surface area contributed by atoms with Crippen LogP contribution >= 0.6 is 0 Å². The Morgan fingerprint density at radius 2 is 2.14 bits per heavy atom. The molecular weight excluding hydrogens is 268 g/mol. The van der Waals surface area contributed by atoms with E-state index in [1.807, 2.05) is 18.2 Å². The Balaban J connectivity index is 1.53. The van der Waals surface area contributed by atoms with E-state index in [1.165, 1.54) is 11.8 Å². The molecule has 0 aliphatic carbocycles. The Morgan fingerprint density at radius 3 is 2.90 bits per heavy atom. The maximum Gasteiger partial charge on any atom is 0.226 e. The monoisotopic (exact) mass is 286 g/mol. The van der Waals surface area contributed by atoms with Gasteiger partial charge in [0, 0.05) is 25.1 Å². The van der Waals surface area contributed by atoms with Gasteiger partial charge in [-0.15, -0.1) is 0 Å². The van der Waals surface area contributed by atoms with E-state index in [1.54, 1.807) is 6.07 Å². The van der Waals surface area contributed by atoms with Gasteiger partial charge in [-0.3, -0.25) is 4.79 Å². The first-order valence-corrected chi connectivity index (χ1v) is 7.15. The molecule has 5 heteroatoms. The standard InChI is InChI=1S/C16H18N2O3/c19-15(10-14-7-9-21-18-14)17-11-13-6-8-20-16(13)12-4-2-1-3-5-12/h1-5,7,9,13,16H,6,8,10-11H2,(H,17,19)/t13-,16-/m1/s1. The van der Waals surface area contributed by atoms with E-state index in [2.05, 4.69) is 22.6 Å². The van der Waals surface area contributed by atoms with Crippen molar-refractivity contribution in [3.8, 4) is 0 Å². The van der Waals surface area contributed by atoms with Crippen LogP contribution in [-0.2, 0) is 16.0 Å². The van der Waals surface area contributed by atoms with Crippen LogP contribution in [0, 0.1) is 5.92 Å². The number of carbonyl (C=O) groups excluding carboxylic acids is 1. The highest BCUT2D eigenvalue weighted by Crippen LogP contribution is 2.33. The number of ether oxygens (including phenoxy) is 1. The fourth-order valence-electron chi connectivity index (χ4n) is 2.65. The van der Waals surface area contributed by atoms with Crippen LogP contribution in [0.2, 0.25) is 0 Å². The Kier molecular flexibility index (Phi) is 4.31. The number of benzene rings is 1. The van der Waals surface area contributed by atoms with Gasteiger partial charge in [0.1, 0.15) is 6.26 Å². The van der Waals surface area contributed by atoms with Crippen molar-refractivity contribution in [3.63, 3.8) is 0 Å². The molecule has 0 unspecified atom stereocenters. The lowest BCUT2D eigenvalue weighted by atomic mass is 9.95. The van der Waals surface area contributed by atoms with Crippen molar-refractivity contribution in [2.24, 2.45) is 5.92 Å². The van der Waals surface area contributed by atoms with Gasteiger partial charge in [0.25, 0.3) is 0 Å². The number of nitrogens with zero attached hydrogens (tertiary/aromatic N) is 1. The third-order valence-electron chi connectivity index (χ3n) is 3.74. The summed E-state index contributed by atoms with van der Waals surface area (Å²) in [5.41, 5.74) is 1.82. The van der Waals surface area contributed by atoms with Gasteiger partial charge >= 0.3 is 0 Å². The molecule has 1 aromatic heterocycles. The molecule has 2 atom stereocenters. The average Bonchev–Trinajstić information content (AvgIpc) is 3.17. The summed E-state index contributed by atoms with van der Waals surface area (Å²) in [6.45, 7) is 1.36. The van der Waals surface area contributed by atoms with Crippen LogP contribution in [0.3, 0.4) is 0 Å². The van der Waals surface area contributed by atoms with E-state index in [9.17, 15) is 4.79 Å². The molecule has 1 aromatic carbocycles. The smallest absolute Gasteiger partial charge is 0.226 e. The molecule has 2 aromatic rings. The molecule has 1 saturated heterocycles. The third kappa shape index (κ3) is 3.49. The molecule has 2 heterocycles. The molecule has 1 amide bonds. The van der Waals surface area contributed by atoms with Crippen LogP contribution in [0.4, 0.5) is 0 Å². The highest BCUT2D eigenvalue weighted by Gasteiger charge is 2.29. The van der Waals surface area contributed by atoms with Gasteiger partial charge < -0.3 is 14.6 Å². The fourth-order valence-corrected chi connectivity index (χ4v) is 2.65. The van der Waals surface area contributed by atoms with Crippen molar-refractivity contribution in [1.29, 1.82) is 0 Å². The minimum Gasteiger partial charge on any atom is -0.373 e. The number of rotatable bonds is 5. The first-order valence-electron chi connectivity index (χ1n) is 7.15. The van der Waals surface area contributed by atoms with Gasteiger partial charge in [0.15, 0.2) is 0 Å². The molecule has 110 valence electrons. The average molecular weight is 286 g/mol. The van der Waals surface area contributed by atoms with E-state index in [0.717, 1.165) is 13.0 Å². The normalized spacial score (nSPS) is 21.3. The summed E-state index contributed by atoms with van der Waals surface area (Å²) in [6, 6.07) is 11.9. The van der Waals surface area contributed by atoms with Gasteiger partial charge in [-0.05, 0) is 12.0 Å². The molecule has 0 radical (unpaired) electrons. The second-order valence-corrected chi connectivity index (χ2v) is 5.22. The van der Waals surface area contributed by atoms with E-state index < -0.39 is 0 Å². The summed E-state index contributed by atoms with van der Waals surface area (Å²) < 4.78 is 10.5. The van der Waals surface area contributed by atoms with Crippen molar-refractivity contribution in [3.05, 3.63) is 53.9 Å². The maximum atomic E-state index is 11.9. The van der Waals surface area contributed by atoms with Crippen molar-refractivity contribution >= 4 is 5.91 Å². The first-order chi connectivity index (χ1) is 10.3. The number of hydrogen-bond donors (Lipinski definition) is 1. The van der Waals surface area contributed by atoms with Crippen molar-refractivity contribution in [2.45, 2.75) is 18.9 Å². The second kappa shape index (κ2) is 6.54. The van der Waals surface area contributed by atoms with Gasteiger partial charge in [-0.2, -0.15) is 0 Å². The van der Waals surface area contributed by atoms with Crippen LogP contribution < -0.4 is 5.32 Å². The van der Waals surface area contributed by atoms with Crippen molar-refractivity contribution in [1.82, 2.24) is 10.5 Å². The predicted molar refractivity (Wildman–Crippen MR) is 76.5 cm³/mol. The highest BCUT2D eigenvalue weighted by molar-refractivity contribution is 5.78. The minimum atomic E-state index is -0.0392. The third-order valence-corrected chi connectivity index (χ3v) is 3.74. The quantitative estimate of drug-likeness (QED) is 0.914. The van der Waals surface area contributed by atoms with Crippen LogP contribution in [0.5, 0.6) is 0 Å². The summed E-state index contributed by atoms with van der Waals surface area (Å²) >= 11 is 0. The van der Waals surface area contributed by atoms with Crippen LogP contribution in [0.25, 0.3) is 0 Å². The lowest BCUT2D eigenvalue weighted by Crippen LogP contribution is -2.31. The maximum absolute atomic E-state index is 11.9. The molecule has 21 heavy (non-hydrogen) atoms. The van der Waals surface area contributed by atoms with Crippen LogP contribution in [-0.4, -0.2) is 24.2 Å². The van der Waals surface area contributed by atoms with Gasteiger partial charge in [0.2, 0.25) is 5.91 Å². The second-order valence-electron chi connectivity index (χ2n) is 5.22. The summed E-state index contributed by atoms with van der Waals surface area (Å²) in [5, 5.41) is 6.70. The summed E-state index contributed by atoms with van der Waals surface area (Å²) in [6.07, 6.45) is 2.75. The highest BCUT2D eigenvalue weighted by atomic mass is 16.5. The Labute approximate surface area is 123 Å². The van der Waals surface area contributed by atoms with Gasteiger partial charge in [0.05, 0.1) is 18.2 Å². The summed E-state index contributed by atoms with van der Waals surface area (Å²) in [4.78, 5) is 11.9. The number of aromatic nitrogens is 1. The number of amides is 1. The number of carbonyl (C=O) groups is 1. The van der Waals surface area contributed by atoms with E-state index in [-0.39, 0.29) is 18.4 Å². The molecule has 5 nitrogen and oxygen atoms in total. The minimum absolute atomic E-state index is 0.0392. The van der Waals surface area contributed by atoms with E-state index in [0.29, 0.717) is 18.2 Å². The van der Waals surface area contributed by atoms with E-state index >= 15 is 0 Å². The molecule has 0 spiro atoms. The van der Waals surface area contributed by atoms with Crippen LogP contribution in [0.1, 0.15) is 23.8 Å². The predicted octanol–water partition coefficient (Wildman–Crippen LogP) is 2.11. The molecule has 1 fully saturated rings. The Hall–Kier alpha value is -2.14. The van der Waals surface area contributed by atoms with Crippen molar-refractivity contribution in [2.75, 3.05) is 13.2 Å². The molecule has 0 bridgehead atoms. The summed E-state index contributed by atoms with van der Waals surface area (Å²) in [5.74, 6) is 0.274. The lowest BCUT2D eigenvalue weighted by Gasteiger charge is -2.19. The molecule has 3 rings (SSSR count). The zero-order chi connectivity index (χ0) is 14.5. The molecule has 1 aliphatic heterocycles. The van der Waals surface area contributed by atoms with Crippen molar-refractivity contribution < 1.29 is 14.1 Å². The molecule has 0 saturated carbocycles. The number of hydrogen-bond acceptors (Lipinski definition) is 4. The largest absolute Gasteiger partial charge is 0.373 e. The van der Waals surface area contributed by atoms with Crippen LogP contribution in [0.15, 0.2) is 47.2 Å². The van der Waals surface area contributed by atoms with Gasteiger partial charge in [-0.25, -0.2) is 0 Å². The van der Waals surface area contributed by atoms with E-state index in [4.69, 9.17) is 9.26 Å². The molecule has 1 N–H and O–H groups in total.